The maximum atomic E-state index is 12.7. The van der Waals surface area contributed by atoms with Gasteiger partial charge in [0.25, 0.3) is 11.5 Å². The third-order valence-corrected chi connectivity index (χ3v) is 4.27. The van der Waals surface area contributed by atoms with Crippen LogP contribution in [-0.2, 0) is 6.54 Å². The molecule has 1 N–H and O–H groups in total. The van der Waals surface area contributed by atoms with Crippen LogP contribution in [-0.4, -0.2) is 15.5 Å². The van der Waals surface area contributed by atoms with Crippen molar-refractivity contribution in [2.75, 3.05) is 5.32 Å². The predicted molar refractivity (Wildman–Crippen MR) is 103 cm³/mol. The number of nitrogens with zero attached hydrogens (tertiary/aromatic N) is 2. The highest BCUT2D eigenvalue weighted by molar-refractivity contribution is 6.03. The Bertz CT molecular complexity index is 1020. The monoisotopic (exact) mass is 347 g/mol. The van der Waals surface area contributed by atoms with Gasteiger partial charge in [-0.1, -0.05) is 23.8 Å². The highest BCUT2D eigenvalue weighted by Gasteiger charge is 2.13. The fourth-order valence-electron chi connectivity index (χ4n) is 2.78. The molecule has 1 aromatic carbocycles. The van der Waals surface area contributed by atoms with Crippen molar-refractivity contribution in [2.45, 2.75) is 27.3 Å². The van der Waals surface area contributed by atoms with Gasteiger partial charge in [-0.05, 0) is 61.7 Å². The van der Waals surface area contributed by atoms with E-state index in [1.807, 2.05) is 39.0 Å². The maximum Gasteiger partial charge on any atom is 0.263 e. The fraction of sp³-hybridized carbons (Fsp3) is 0.190. The van der Waals surface area contributed by atoms with E-state index < -0.39 is 5.91 Å². The summed E-state index contributed by atoms with van der Waals surface area (Å²) in [5.74, 6) is -0.0252. The number of aromatic nitrogens is 2. The van der Waals surface area contributed by atoms with E-state index in [0.717, 1.165) is 22.3 Å². The zero-order valence-corrected chi connectivity index (χ0v) is 15.1. The van der Waals surface area contributed by atoms with Crippen molar-refractivity contribution < 1.29 is 4.79 Å². The quantitative estimate of drug-likeness (QED) is 0.786. The molecule has 5 nitrogen and oxygen atoms in total. The van der Waals surface area contributed by atoms with Gasteiger partial charge in [0, 0.05) is 12.4 Å². The molecular formula is C21H21N3O2. The molecule has 0 atom stereocenters. The van der Waals surface area contributed by atoms with Crippen LogP contribution in [0.3, 0.4) is 0 Å². The lowest BCUT2D eigenvalue weighted by Crippen LogP contribution is -2.29. The van der Waals surface area contributed by atoms with Crippen LogP contribution in [0.15, 0.2) is 59.7 Å². The van der Waals surface area contributed by atoms with E-state index in [1.165, 1.54) is 6.07 Å². The standard InChI is InChI=1S/C21H21N3O2/c1-14-6-7-16(3)17(11-14)13-24-10-4-5-18(21(24)26)20(25)23-19-12-15(2)8-9-22-19/h4-12H,13H2,1-3H3,(H,22,23,25). The summed E-state index contributed by atoms with van der Waals surface area (Å²) in [4.78, 5) is 29.4. The number of anilines is 1. The molecule has 3 rings (SSSR count). The van der Waals surface area contributed by atoms with Gasteiger partial charge in [0.05, 0.1) is 6.54 Å². The number of nitrogens with one attached hydrogen (secondary N) is 1. The van der Waals surface area contributed by atoms with E-state index in [4.69, 9.17) is 0 Å². The van der Waals surface area contributed by atoms with E-state index in [2.05, 4.69) is 16.4 Å². The van der Waals surface area contributed by atoms with Crippen molar-refractivity contribution in [3.8, 4) is 0 Å². The van der Waals surface area contributed by atoms with Crippen molar-refractivity contribution in [3.05, 3.63) is 93.0 Å². The molecular weight excluding hydrogens is 326 g/mol. The number of carbonyl (C=O) groups excluding carboxylic acids is 1. The molecule has 0 aliphatic rings. The van der Waals surface area contributed by atoms with Gasteiger partial charge in [-0.3, -0.25) is 9.59 Å². The summed E-state index contributed by atoms with van der Waals surface area (Å²) in [6.45, 7) is 6.37. The Morgan fingerprint density at radius 1 is 1.08 bits per heavy atom. The van der Waals surface area contributed by atoms with E-state index in [9.17, 15) is 9.59 Å². The molecule has 0 saturated carbocycles. The lowest BCUT2D eigenvalue weighted by Gasteiger charge is -2.11. The Labute approximate surface area is 152 Å². The Hall–Kier alpha value is -3.21. The number of aryl methyl sites for hydroxylation is 3. The van der Waals surface area contributed by atoms with Crippen LogP contribution in [0, 0.1) is 20.8 Å². The van der Waals surface area contributed by atoms with E-state index in [-0.39, 0.29) is 11.1 Å². The van der Waals surface area contributed by atoms with Crippen molar-refractivity contribution in [1.29, 1.82) is 0 Å². The van der Waals surface area contributed by atoms with Crippen molar-refractivity contribution in [2.24, 2.45) is 0 Å². The van der Waals surface area contributed by atoms with Crippen LogP contribution < -0.4 is 10.9 Å². The maximum absolute atomic E-state index is 12.7. The molecule has 26 heavy (non-hydrogen) atoms. The predicted octanol–water partition coefficient (Wildman–Crippen LogP) is 3.47. The van der Waals surface area contributed by atoms with Crippen LogP contribution in [0.2, 0.25) is 0 Å². The lowest BCUT2D eigenvalue weighted by atomic mass is 10.1. The highest BCUT2D eigenvalue weighted by Crippen LogP contribution is 2.12. The summed E-state index contributed by atoms with van der Waals surface area (Å²) in [6, 6.07) is 13.0. The Balaban J connectivity index is 1.88. The molecule has 2 heterocycles. The first-order chi connectivity index (χ1) is 12.4. The molecule has 3 aromatic rings. The number of hydrogen-bond donors (Lipinski definition) is 1. The van der Waals surface area contributed by atoms with Gasteiger partial charge < -0.3 is 9.88 Å². The number of pyridine rings is 2. The largest absolute Gasteiger partial charge is 0.310 e. The smallest absolute Gasteiger partial charge is 0.263 e. The summed E-state index contributed by atoms with van der Waals surface area (Å²) in [7, 11) is 0. The molecule has 0 aliphatic carbocycles. The fourth-order valence-corrected chi connectivity index (χ4v) is 2.78. The minimum atomic E-state index is -0.455. The lowest BCUT2D eigenvalue weighted by molar-refractivity contribution is 0.102. The number of carbonyl (C=O) groups is 1. The number of benzene rings is 1. The van der Waals surface area contributed by atoms with Crippen LogP contribution >= 0.6 is 0 Å². The molecule has 0 fully saturated rings. The number of rotatable bonds is 4. The van der Waals surface area contributed by atoms with Crippen molar-refractivity contribution in [1.82, 2.24) is 9.55 Å². The first-order valence-corrected chi connectivity index (χ1v) is 8.43. The van der Waals surface area contributed by atoms with Gasteiger partial charge in [-0.2, -0.15) is 0 Å². The first kappa shape index (κ1) is 17.6. The summed E-state index contributed by atoms with van der Waals surface area (Å²) in [6.07, 6.45) is 3.32. The molecule has 2 aromatic heterocycles. The average Bonchev–Trinajstić information content (AvgIpc) is 2.60. The van der Waals surface area contributed by atoms with Gasteiger partial charge in [-0.15, -0.1) is 0 Å². The Morgan fingerprint density at radius 3 is 2.62 bits per heavy atom. The van der Waals surface area contributed by atoms with Gasteiger partial charge in [0.1, 0.15) is 11.4 Å². The molecule has 1 amide bonds. The minimum Gasteiger partial charge on any atom is -0.310 e. The van der Waals surface area contributed by atoms with Crippen LogP contribution in [0.5, 0.6) is 0 Å². The van der Waals surface area contributed by atoms with Gasteiger partial charge in [-0.25, -0.2) is 4.98 Å². The summed E-state index contributed by atoms with van der Waals surface area (Å²) < 4.78 is 1.56. The van der Waals surface area contributed by atoms with Crippen molar-refractivity contribution >= 4 is 11.7 Å². The normalized spacial score (nSPS) is 10.6. The van der Waals surface area contributed by atoms with Crippen LogP contribution in [0.25, 0.3) is 0 Å². The molecule has 0 bridgehead atoms. The van der Waals surface area contributed by atoms with Crippen molar-refractivity contribution in [3.63, 3.8) is 0 Å². The van der Waals surface area contributed by atoms with Gasteiger partial charge in [0.15, 0.2) is 0 Å². The second-order valence-corrected chi connectivity index (χ2v) is 6.46. The Morgan fingerprint density at radius 2 is 1.85 bits per heavy atom. The van der Waals surface area contributed by atoms with Gasteiger partial charge in [0.2, 0.25) is 0 Å². The highest BCUT2D eigenvalue weighted by atomic mass is 16.2. The second kappa shape index (κ2) is 7.35. The average molecular weight is 347 g/mol. The van der Waals surface area contributed by atoms with Crippen LogP contribution in [0.4, 0.5) is 5.82 Å². The van der Waals surface area contributed by atoms with E-state index in [1.54, 1.807) is 29.1 Å². The molecule has 5 heteroatoms. The summed E-state index contributed by atoms with van der Waals surface area (Å²) >= 11 is 0. The SMILES string of the molecule is Cc1ccnc(NC(=O)c2cccn(Cc3cc(C)ccc3C)c2=O)c1. The molecule has 0 saturated heterocycles. The molecule has 132 valence electrons. The number of amides is 1. The molecule has 0 spiro atoms. The zero-order chi connectivity index (χ0) is 18.7. The minimum absolute atomic E-state index is 0.0983. The molecule has 0 radical (unpaired) electrons. The van der Waals surface area contributed by atoms with Gasteiger partial charge >= 0.3 is 0 Å². The van der Waals surface area contributed by atoms with Crippen LogP contribution in [0.1, 0.15) is 32.6 Å². The third kappa shape index (κ3) is 3.88. The van der Waals surface area contributed by atoms with E-state index in [0.29, 0.717) is 12.4 Å². The summed E-state index contributed by atoms with van der Waals surface area (Å²) in [5, 5.41) is 2.69. The molecule has 0 aliphatic heterocycles. The third-order valence-electron chi connectivity index (χ3n) is 4.27. The first-order valence-electron chi connectivity index (χ1n) is 8.43. The zero-order valence-electron chi connectivity index (χ0n) is 15.1. The number of hydrogen-bond acceptors (Lipinski definition) is 3. The summed E-state index contributed by atoms with van der Waals surface area (Å²) in [5.41, 5.74) is 4.07. The van der Waals surface area contributed by atoms with E-state index >= 15 is 0 Å². The topological polar surface area (TPSA) is 64.0 Å². The Kier molecular flexibility index (Phi) is 4.98. The second-order valence-electron chi connectivity index (χ2n) is 6.46. The molecule has 0 unspecified atom stereocenters.